The summed E-state index contributed by atoms with van der Waals surface area (Å²) in [5.41, 5.74) is 5.25. The van der Waals surface area contributed by atoms with Crippen molar-refractivity contribution >= 4 is 11.8 Å². The molecule has 0 rings (SSSR count). The molecule has 0 fully saturated rings. The number of hydrogen-bond acceptors (Lipinski definition) is 3. The fraction of sp³-hybridized carbons (Fsp3) is 0.778. The quantitative estimate of drug-likeness (QED) is 0.598. The molecule has 0 radical (unpaired) electrons. The molecule has 0 aliphatic rings. The Bertz CT molecular complexity index is 194. The average molecular weight is 201 g/mol. The van der Waals surface area contributed by atoms with Gasteiger partial charge >= 0.3 is 0 Å². The van der Waals surface area contributed by atoms with Gasteiger partial charge in [0.15, 0.2) is 0 Å². The molecule has 0 aromatic heterocycles. The molecule has 0 heterocycles. The van der Waals surface area contributed by atoms with Crippen molar-refractivity contribution in [3.63, 3.8) is 0 Å². The van der Waals surface area contributed by atoms with E-state index in [-0.39, 0.29) is 18.4 Å². The van der Waals surface area contributed by atoms with Crippen LogP contribution in [0.2, 0.25) is 0 Å². The third-order valence-electron chi connectivity index (χ3n) is 1.94. The minimum atomic E-state index is -0.117. The predicted molar refractivity (Wildman–Crippen MR) is 54.6 cm³/mol. The van der Waals surface area contributed by atoms with E-state index in [4.69, 9.17) is 5.73 Å². The number of carbonyl (C=O) groups is 2. The summed E-state index contributed by atoms with van der Waals surface area (Å²) in [6.07, 6.45) is 1.04. The molecule has 5 heteroatoms. The van der Waals surface area contributed by atoms with E-state index in [1.807, 2.05) is 6.92 Å². The second kappa shape index (κ2) is 7.32. The maximum absolute atomic E-state index is 11.2. The van der Waals surface area contributed by atoms with Crippen LogP contribution in [0.1, 0.15) is 19.8 Å². The summed E-state index contributed by atoms with van der Waals surface area (Å²) >= 11 is 0. The topological polar surface area (TPSA) is 75.4 Å². The summed E-state index contributed by atoms with van der Waals surface area (Å²) in [5.74, 6) is -0.193. The van der Waals surface area contributed by atoms with Crippen LogP contribution in [-0.2, 0) is 9.59 Å². The molecule has 2 amide bonds. The third-order valence-corrected chi connectivity index (χ3v) is 1.94. The van der Waals surface area contributed by atoms with Gasteiger partial charge in [-0.15, -0.1) is 0 Å². The van der Waals surface area contributed by atoms with Crippen molar-refractivity contribution in [2.45, 2.75) is 19.8 Å². The lowest BCUT2D eigenvalue weighted by Crippen LogP contribution is -2.38. The van der Waals surface area contributed by atoms with Crippen molar-refractivity contribution in [1.82, 2.24) is 10.2 Å². The molecule has 82 valence electrons. The van der Waals surface area contributed by atoms with Crippen LogP contribution in [0.3, 0.4) is 0 Å². The Morgan fingerprint density at radius 3 is 2.57 bits per heavy atom. The number of carbonyl (C=O) groups excluding carboxylic acids is 2. The van der Waals surface area contributed by atoms with E-state index in [1.54, 1.807) is 11.9 Å². The number of nitrogens with one attached hydrogen (secondary N) is 1. The number of amides is 2. The normalized spacial score (nSPS) is 9.64. The van der Waals surface area contributed by atoms with E-state index in [0.717, 1.165) is 0 Å². The summed E-state index contributed by atoms with van der Waals surface area (Å²) in [6, 6.07) is 0. The standard InChI is InChI=1S/C9H19N3O2/c1-3-12(2)9(14)7-11-8(13)5-4-6-10/h3-7,10H2,1-2H3,(H,11,13). The highest BCUT2D eigenvalue weighted by Gasteiger charge is 2.07. The van der Waals surface area contributed by atoms with E-state index >= 15 is 0 Å². The van der Waals surface area contributed by atoms with Gasteiger partial charge in [0.25, 0.3) is 0 Å². The van der Waals surface area contributed by atoms with E-state index < -0.39 is 0 Å². The van der Waals surface area contributed by atoms with Crippen molar-refractivity contribution < 1.29 is 9.59 Å². The van der Waals surface area contributed by atoms with Gasteiger partial charge in [0, 0.05) is 20.0 Å². The summed E-state index contributed by atoms with van der Waals surface area (Å²) in [6.45, 7) is 3.11. The molecule has 0 saturated heterocycles. The molecule has 0 atom stereocenters. The van der Waals surface area contributed by atoms with Gasteiger partial charge in [0.2, 0.25) is 11.8 Å². The Morgan fingerprint density at radius 1 is 1.43 bits per heavy atom. The minimum Gasteiger partial charge on any atom is -0.347 e. The lowest BCUT2D eigenvalue weighted by Gasteiger charge is -2.14. The smallest absolute Gasteiger partial charge is 0.241 e. The van der Waals surface area contributed by atoms with Gasteiger partial charge in [-0.3, -0.25) is 9.59 Å². The lowest BCUT2D eigenvalue weighted by atomic mass is 10.3. The maximum atomic E-state index is 11.2. The molecule has 0 bridgehead atoms. The number of nitrogens with zero attached hydrogens (tertiary/aromatic N) is 1. The highest BCUT2D eigenvalue weighted by atomic mass is 16.2. The van der Waals surface area contributed by atoms with Gasteiger partial charge < -0.3 is 16.0 Å². The first kappa shape index (κ1) is 12.9. The van der Waals surface area contributed by atoms with Crippen molar-refractivity contribution in [3.8, 4) is 0 Å². The molecule has 0 aromatic carbocycles. The largest absolute Gasteiger partial charge is 0.347 e. The Kier molecular flexibility index (Phi) is 6.74. The molecule has 0 spiro atoms. The number of likely N-dealkylation sites (N-methyl/N-ethyl adjacent to an activating group) is 1. The SMILES string of the molecule is CCN(C)C(=O)CNC(=O)CCCN. The Labute approximate surface area is 84.6 Å². The Morgan fingerprint density at radius 2 is 2.07 bits per heavy atom. The first-order chi connectivity index (χ1) is 6.61. The molecule has 0 aromatic rings. The van der Waals surface area contributed by atoms with Crippen LogP contribution in [-0.4, -0.2) is 43.4 Å². The van der Waals surface area contributed by atoms with Gasteiger partial charge in [-0.05, 0) is 19.9 Å². The third kappa shape index (κ3) is 5.53. The summed E-state index contributed by atoms with van der Waals surface area (Å²) < 4.78 is 0. The van der Waals surface area contributed by atoms with Gasteiger partial charge in [-0.2, -0.15) is 0 Å². The van der Waals surface area contributed by atoms with Gasteiger partial charge in [-0.25, -0.2) is 0 Å². The summed E-state index contributed by atoms with van der Waals surface area (Å²) in [4.78, 5) is 23.9. The van der Waals surface area contributed by atoms with Crippen molar-refractivity contribution in [2.24, 2.45) is 5.73 Å². The number of nitrogens with two attached hydrogens (primary N) is 1. The molecular formula is C9H19N3O2. The van der Waals surface area contributed by atoms with Crippen LogP contribution >= 0.6 is 0 Å². The molecule has 0 aliphatic carbocycles. The molecule has 0 saturated carbocycles. The Hall–Kier alpha value is -1.10. The van der Waals surface area contributed by atoms with Crippen molar-refractivity contribution in [2.75, 3.05) is 26.7 Å². The zero-order valence-electron chi connectivity index (χ0n) is 8.88. The van der Waals surface area contributed by atoms with Crippen LogP contribution in [0, 0.1) is 0 Å². The predicted octanol–water partition coefficient (Wildman–Crippen LogP) is -0.680. The van der Waals surface area contributed by atoms with E-state index in [9.17, 15) is 9.59 Å². The Balaban J connectivity index is 3.61. The van der Waals surface area contributed by atoms with Crippen molar-refractivity contribution in [3.05, 3.63) is 0 Å². The number of hydrogen-bond donors (Lipinski definition) is 2. The summed E-state index contributed by atoms with van der Waals surface area (Å²) in [5, 5.41) is 2.55. The van der Waals surface area contributed by atoms with Gasteiger partial charge in [0.05, 0.1) is 6.54 Å². The highest BCUT2D eigenvalue weighted by Crippen LogP contribution is 1.86. The molecular weight excluding hydrogens is 182 g/mol. The zero-order valence-corrected chi connectivity index (χ0v) is 8.88. The van der Waals surface area contributed by atoms with Gasteiger partial charge in [0.1, 0.15) is 0 Å². The van der Waals surface area contributed by atoms with E-state index in [1.165, 1.54) is 0 Å². The van der Waals surface area contributed by atoms with Crippen LogP contribution < -0.4 is 11.1 Å². The van der Waals surface area contributed by atoms with Crippen LogP contribution in [0.15, 0.2) is 0 Å². The zero-order chi connectivity index (χ0) is 11.0. The van der Waals surface area contributed by atoms with Crippen LogP contribution in [0.5, 0.6) is 0 Å². The fourth-order valence-electron chi connectivity index (χ4n) is 0.837. The second-order valence-electron chi connectivity index (χ2n) is 3.08. The second-order valence-corrected chi connectivity index (χ2v) is 3.08. The summed E-state index contributed by atoms with van der Waals surface area (Å²) in [7, 11) is 1.70. The van der Waals surface area contributed by atoms with Gasteiger partial charge in [-0.1, -0.05) is 0 Å². The van der Waals surface area contributed by atoms with Crippen LogP contribution in [0.25, 0.3) is 0 Å². The number of rotatable bonds is 6. The highest BCUT2D eigenvalue weighted by molar-refractivity contribution is 5.84. The molecule has 5 nitrogen and oxygen atoms in total. The molecule has 14 heavy (non-hydrogen) atoms. The maximum Gasteiger partial charge on any atom is 0.241 e. The van der Waals surface area contributed by atoms with E-state index in [0.29, 0.717) is 25.9 Å². The molecule has 0 unspecified atom stereocenters. The molecule has 0 aliphatic heterocycles. The minimum absolute atomic E-state index is 0.0754. The molecule has 3 N–H and O–H groups in total. The van der Waals surface area contributed by atoms with Crippen LogP contribution in [0.4, 0.5) is 0 Å². The first-order valence-corrected chi connectivity index (χ1v) is 4.82. The average Bonchev–Trinajstić information content (AvgIpc) is 2.21. The van der Waals surface area contributed by atoms with Crippen molar-refractivity contribution in [1.29, 1.82) is 0 Å². The monoisotopic (exact) mass is 201 g/mol. The fourth-order valence-corrected chi connectivity index (χ4v) is 0.837. The lowest BCUT2D eigenvalue weighted by molar-refractivity contribution is -0.131. The van der Waals surface area contributed by atoms with E-state index in [2.05, 4.69) is 5.32 Å². The first-order valence-electron chi connectivity index (χ1n) is 4.82.